The molecule has 0 aliphatic carbocycles. The smallest absolute Gasteiger partial charge is 0.0335 e. The van der Waals surface area contributed by atoms with Gasteiger partial charge in [0.1, 0.15) is 0 Å². The molecule has 0 amide bonds. The Morgan fingerprint density at radius 2 is 1.35 bits per heavy atom. The first-order valence-corrected chi connectivity index (χ1v) is 6.56. The lowest BCUT2D eigenvalue weighted by atomic mass is 10.0. The van der Waals surface area contributed by atoms with Crippen LogP contribution in [0.5, 0.6) is 0 Å². The lowest BCUT2D eigenvalue weighted by Gasteiger charge is -2.05. The molecule has 0 nitrogen and oxygen atoms in total. The fourth-order valence-electron chi connectivity index (χ4n) is 1.61. The lowest BCUT2D eigenvalue weighted by molar-refractivity contribution is 0.480. The Balaban J connectivity index is -0.000000218. The van der Waals surface area contributed by atoms with Crippen LogP contribution in [0.2, 0.25) is 0 Å². The summed E-state index contributed by atoms with van der Waals surface area (Å²) in [6, 6.07) is 0. The molecule has 0 aliphatic rings. The van der Waals surface area contributed by atoms with Gasteiger partial charge in [-0.1, -0.05) is 84.8 Å². The summed E-state index contributed by atoms with van der Waals surface area (Å²) in [5.41, 5.74) is 1.05. The third kappa shape index (κ3) is 21.1. The molecule has 0 fully saturated rings. The standard InChI is InChI=1S/C8H18.C8H12.CH4/c2*1-4-6-8(3)7-5-2;/h8H,4-7H2,1-3H3;4-7H,3H2,1-2H3;1H4/b;6-4-,7-5-;. The van der Waals surface area contributed by atoms with Crippen LogP contribution >= 0.6 is 0 Å². The molecule has 0 aliphatic heterocycles. The molecule has 0 saturated carbocycles. The van der Waals surface area contributed by atoms with E-state index in [1.165, 1.54) is 25.7 Å². The van der Waals surface area contributed by atoms with Crippen molar-refractivity contribution in [1.29, 1.82) is 0 Å². The second-order valence-electron chi connectivity index (χ2n) is 4.26. The van der Waals surface area contributed by atoms with E-state index in [4.69, 9.17) is 0 Å². The molecule has 0 aromatic heterocycles. The Hall–Kier alpha value is -0.780. The predicted molar refractivity (Wildman–Crippen MR) is 84.5 cm³/mol. The third-order valence-electron chi connectivity index (χ3n) is 2.32. The highest BCUT2D eigenvalue weighted by Gasteiger charge is 1.95. The molecule has 0 bridgehead atoms. The minimum Gasteiger partial charge on any atom is -0.0918 e. The first-order valence-electron chi connectivity index (χ1n) is 6.56. The van der Waals surface area contributed by atoms with Crippen molar-refractivity contribution in [3.8, 4) is 0 Å². The Kier molecular flexibility index (Phi) is 22.3. The number of allylic oxidation sites excluding steroid dienone is 5. The van der Waals surface area contributed by atoms with Gasteiger partial charge in [0.2, 0.25) is 0 Å². The zero-order valence-corrected chi connectivity index (χ0v) is 11.9. The molecular weight excluding hydrogens is 204 g/mol. The highest BCUT2D eigenvalue weighted by atomic mass is 14.0. The summed E-state index contributed by atoms with van der Waals surface area (Å²) in [7, 11) is 0. The molecule has 0 heteroatoms. The quantitative estimate of drug-likeness (QED) is 0.460. The van der Waals surface area contributed by atoms with Gasteiger partial charge in [-0.05, 0) is 25.3 Å². The summed E-state index contributed by atoms with van der Waals surface area (Å²) in [5.74, 6) is 0.963. The molecular formula is C17H34. The maximum Gasteiger partial charge on any atom is -0.0335 e. The van der Waals surface area contributed by atoms with Gasteiger partial charge in [-0.15, -0.1) is 0 Å². The number of rotatable bonds is 6. The molecule has 0 atom stereocenters. The second kappa shape index (κ2) is 17.6. The molecule has 0 radical (unpaired) electrons. The zero-order chi connectivity index (χ0) is 12.8. The van der Waals surface area contributed by atoms with Crippen LogP contribution in [0.15, 0.2) is 36.5 Å². The van der Waals surface area contributed by atoms with Crippen molar-refractivity contribution in [2.24, 2.45) is 5.92 Å². The first-order chi connectivity index (χ1) is 7.62. The zero-order valence-electron chi connectivity index (χ0n) is 11.9. The van der Waals surface area contributed by atoms with Crippen LogP contribution in [0, 0.1) is 5.92 Å². The molecule has 0 N–H and O–H groups in total. The lowest BCUT2D eigenvalue weighted by Crippen LogP contribution is -1.91. The van der Waals surface area contributed by atoms with Gasteiger partial charge in [-0.3, -0.25) is 0 Å². The Labute approximate surface area is 111 Å². The largest absolute Gasteiger partial charge is 0.0918 e. The van der Waals surface area contributed by atoms with Crippen molar-refractivity contribution in [2.75, 3.05) is 0 Å². The highest BCUT2D eigenvalue weighted by Crippen LogP contribution is 2.10. The van der Waals surface area contributed by atoms with Crippen molar-refractivity contribution in [2.45, 2.75) is 67.7 Å². The van der Waals surface area contributed by atoms with Gasteiger partial charge >= 0.3 is 0 Å². The average Bonchev–Trinajstić information content (AvgIpc) is 2.20. The molecule has 0 saturated heterocycles. The van der Waals surface area contributed by atoms with Crippen LogP contribution in [0.4, 0.5) is 0 Å². The van der Waals surface area contributed by atoms with Crippen molar-refractivity contribution < 1.29 is 0 Å². The van der Waals surface area contributed by atoms with Gasteiger partial charge in [-0.2, -0.15) is 0 Å². The van der Waals surface area contributed by atoms with E-state index in [0.717, 1.165) is 11.5 Å². The molecule has 0 aromatic rings. The fraction of sp³-hybridized carbons (Fsp3) is 0.647. The summed E-state index contributed by atoms with van der Waals surface area (Å²) >= 11 is 0. The van der Waals surface area contributed by atoms with E-state index in [1.54, 1.807) is 0 Å². The van der Waals surface area contributed by atoms with Crippen LogP contribution in [0.25, 0.3) is 0 Å². The Bertz CT molecular complexity index is 176. The molecule has 0 spiro atoms. The Morgan fingerprint density at radius 1 is 1.00 bits per heavy atom. The summed E-state index contributed by atoms with van der Waals surface area (Å²) in [6.45, 7) is 14.6. The first kappa shape index (κ1) is 21.5. The van der Waals surface area contributed by atoms with Crippen molar-refractivity contribution >= 4 is 0 Å². The van der Waals surface area contributed by atoms with Gasteiger partial charge in [0, 0.05) is 0 Å². The SMILES string of the molecule is C.C=C(/C=C\C)/C=C\C.CCCC(C)CCC. The van der Waals surface area contributed by atoms with E-state index in [2.05, 4.69) is 27.4 Å². The van der Waals surface area contributed by atoms with E-state index < -0.39 is 0 Å². The fourth-order valence-corrected chi connectivity index (χ4v) is 1.61. The summed E-state index contributed by atoms with van der Waals surface area (Å²) in [4.78, 5) is 0. The molecule has 0 unspecified atom stereocenters. The molecule has 17 heavy (non-hydrogen) atoms. The topological polar surface area (TPSA) is 0 Å². The third-order valence-corrected chi connectivity index (χ3v) is 2.32. The van der Waals surface area contributed by atoms with E-state index >= 15 is 0 Å². The van der Waals surface area contributed by atoms with Crippen molar-refractivity contribution in [3.63, 3.8) is 0 Å². The average molecular weight is 238 g/mol. The van der Waals surface area contributed by atoms with Gasteiger partial charge < -0.3 is 0 Å². The molecule has 0 rings (SSSR count). The summed E-state index contributed by atoms with van der Waals surface area (Å²) in [5, 5.41) is 0. The normalized spacial score (nSPS) is 10.2. The highest BCUT2D eigenvalue weighted by molar-refractivity contribution is 5.26. The minimum absolute atomic E-state index is 0. The second-order valence-corrected chi connectivity index (χ2v) is 4.26. The van der Waals surface area contributed by atoms with E-state index in [-0.39, 0.29) is 7.43 Å². The van der Waals surface area contributed by atoms with Crippen molar-refractivity contribution in [1.82, 2.24) is 0 Å². The molecule has 0 heterocycles. The summed E-state index contributed by atoms with van der Waals surface area (Å²) in [6.07, 6.45) is 13.4. The van der Waals surface area contributed by atoms with E-state index in [0.29, 0.717) is 0 Å². The van der Waals surface area contributed by atoms with Gasteiger partial charge in [0.25, 0.3) is 0 Å². The minimum atomic E-state index is 0. The molecule has 102 valence electrons. The maximum absolute atomic E-state index is 3.76. The van der Waals surface area contributed by atoms with Gasteiger partial charge in [0.15, 0.2) is 0 Å². The van der Waals surface area contributed by atoms with E-state index in [9.17, 15) is 0 Å². The predicted octanol–water partition coefficient (Wildman–Crippen LogP) is 6.55. The van der Waals surface area contributed by atoms with Crippen LogP contribution in [-0.2, 0) is 0 Å². The Morgan fingerprint density at radius 3 is 1.59 bits per heavy atom. The van der Waals surface area contributed by atoms with Crippen molar-refractivity contribution in [3.05, 3.63) is 36.5 Å². The maximum atomic E-state index is 3.76. The van der Waals surface area contributed by atoms with E-state index in [1.807, 2.05) is 38.2 Å². The van der Waals surface area contributed by atoms with Crippen LogP contribution in [0.1, 0.15) is 67.7 Å². The number of hydrogen-bond donors (Lipinski definition) is 0. The monoisotopic (exact) mass is 238 g/mol. The van der Waals surface area contributed by atoms with Crippen LogP contribution < -0.4 is 0 Å². The summed E-state index contributed by atoms with van der Waals surface area (Å²) < 4.78 is 0. The van der Waals surface area contributed by atoms with Crippen LogP contribution in [0.3, 0.4) is 0 Å². The molecule has 0 aromatic carbocycles. The van der Waals surface area contributed by atoms with Gasteiger partial charge in [-0.25, -0.2) is 0 Å². The number of hydrogen-bond acceptors (Lipinski definition) is 0. The van der Waals surface area contributed by atoms with Gasteiger partial charge in [0.05, 0.1) is 0 Å². The van der Waals surface area contributed by atoms with Crippen LogP contribution in [-0.4, -0.2) is 0 Å².